The highest BCUT2D eigenvalue weighted by Gasteiger charge is 2.35. The lowest BCUT2D eigenvalue weighted by atomic mass is 9.92. The zero-order valence-corrected chi connectivity index (χ0v) is 25.9. The van der Waals surface area contributed by atoms with E-state index in [9.17, 15) is 22.4 Å². The van der Waals surface area contributed by atoms with Crippen LogP contribution in [0.25, 0.3) is 10.9 Å². The molecule has 11 heteroatoms. The highest BCUT2D eigenvalue weighted by atomic mass is 32.2. The average Bonchev–Trinajstić information content (AvgIpc) is 3.44. The number of aromatic nitrogens is 1. The van der Waals surface area contributed by atoms with Gasteiger partial charge in [0.25, 0.3) is 0 Å². The highest BCUT2D eigenvalue weighted by molar-refractivity contribution is 7.92. The molecule has 0 saturated carbocycles. The first-order valence-electron chi connectivity index (χ1n) is 14.7. The summed E-state index contributed by atoms with van der Waals surface area (Å²) in [6.45, 7) is 3.03. The van der Waals surface area contributed by atoms with Crippen molar-refractivity contribution in [2.45, 2.75) is 48.4 Å². The van der Waals surface area contributed by atoms with Gasteiger partial charge in [-0.15, -0.1) is 0 Å². The third kappa shape index (κ3) is 6.95. The van der Waals surface area contributed by atoms with Gasteiger partial charge in [-0.25, -0.2) is 17.6 Å². The molecule has 1 aliphatic rings. The molecule has 0 bridgehead atoms. The Hall–Kier alpha value is -4.22. The standard InChI is InChI=1S/C33H38FN5O4S/c1-22(29-20-35-30-10-5-4-9-28(29)30)31(32(40)36-25-8-6-7-23(19-25)21-38(2)3)37-33(41)39-17-15-27(16-18-39)44(42,43)26-13-11-24(34)12-14-26/h4-14,19-20,22,27,31,35H,15-18,21H2,1-3H3,(H,36,40)(H,37,41)/t22-,31-/m1/s1. The number of para-hydroxylation sites is 1. The number of carbonyl (C=O) groups is 2. The summed E-state index contributed by atoms with van der Waals surface area (Å²) >= 11 is 0. The second-order valence-corrected chi connectivity index (χ2v) is 13.8. The Balaban J connectivity index is 1.33. The first-order valence-corrected chi connectivity index (χ1v) is 16.2. The summed E-state index contributed by atoms with van der Waals surface area (Å²) in [4.78, 5) is 34.3. The van der Waals surface area contributed by atoms with Crippen molar-refractivity contribution in [2.24, 2.45) is 0 Å². The third-order valence-corrected chi connectivity index (χ3v) is 10.5. The van der Waals surface area contributed by atoms with Crippen LogP contribution in [0.15, 0.2) is 83.9 Å². The van der Waals surface area contributed by atoms with E-state index in [1.54, 1.807) is 4.90 Å². The molecule has 1 aliphatic heterocycles. The van der Waals surface area contributed by atoms with E-state index in [2.05, 4.69) is 15.6 Å². The van der Waals surface area contributed by atoms with Crippen LogP contribution < -0.4 is 10.6 Å². The number of hydrogen-bond acceptors (Lipinski definition) is 5. The molecule has 1 saturated heterocycles. The van der Waals surface area contributed by atoms with E-state index >= 15 is 0 Å². The van der Waals surface area contributed by atoms with Crippen LogP contribution in [-0.4, -0.2) is 73.6 Å². The summed E-state index contributed by atoms with van der Waals surface area (Å²) in [6, 6.07) is 18.9. The highest BCUT2D eigenvalue weighted by Crippen LogP contribution is 2.29. The maximum Gasteiger partial charge on any atom is 0.318 e. The Bertz CT molecular complexity index is 1730. The number of halogens is 1. The molecule has 3 N–H and O–H groups in total. The third-order valence-electron chi connectivity index (χ3n) is 8.18. The predicted molar refractivity (Wildman–Crippen MR) is 170 cm³/mol. The lowest BCUT2D eigenvalue weighted by molar-refractivity contribution is -0.118. The Morgan fingerprint density at radius 1 is 1.02 bits per heavy atom. The van der Waals surface area contributed by atoms with E-state index in [-0.39, 0.29) is 36.7 Å². The summed E-state index contributed by atoms with van der Waals surface area (Å²) in [5, 5.41) is 6.24. The molecule has 3 amide bonds. The normalized spacial score (nSPS) is 15.7. The van der Waals surface area contributed by atoms with Crippen molar-refractivity contribution in [3.63, 3.8) is 0 Å². The minimum absolute atomic E-state index is 0.0701. The number of fused-ring (bicyclic) bond motifs is 1. The van der Waals surface area contributed by atoms with Gasteiger partial charge in [-0.05, 0) is 80.5 Å². The van der Waals surface area contributed by atoms with Crippen LogP contribution in [0.5, 0.6) is 0 Å². The van der Waals surface area contributed by atoms with Gasteiger partial charge in [-0.2, -0.15) is 0 Å². The number of H-pyrrole nitrogens is 1. The number of nitrogens with one attached hydrogen (secondary N) is 3. The lowest BCUT2D eigenvalue weighted by Gasteiger charge is -2.34. The summed E-state index contributed by atoms with van der Waals surface area (Å²) in [5.41, 5.74) is 3.50. The molecule has 232 valence electrons. The monoisotopic (exact) mass is 619 g/mol. The molecule has 9 nitrogen and oxygen atoms in total. The Labute approximate surface area is 257 Å². The van der Waals surface area contributed by atoms with Gasteiger partial charge >= 0.3 is 6.03 Å². The zero-order chi connectivity index (χ0) is 31.4. The topological polar surface area (TPSA) is 115 Å². The number of sulfone groups is 1. The van der Waals surface area contributed by atoms with Gasteiger partial charge in [0.05, 0.1) is 10.1 Å². The fourth-order valence-corrected chi connectivity index (χ4v) is 7.54. The minimum atomic E-state index is -3.67. The number of aromatic amines is 1. The van der Waals surface area contributed by atoms with Crippen molar-refractivity contribution in [3.05, 3.63) is 95.9 Å². The van der Waals surface area contributed by atoms with Crippen molar-refractivity contribution in [2.75, 3.05) is 32.5 Å². The number of anilines is 1. The fraction of sp³-hybridized carbons (Fsp3) is 0.333. The maximum absolute atomic E-state index is 13.8. The van der Waals surface area contributed by atoms with Gasteiger partial charge in [0.2, 0.25) is 5.91 Å². The molecule has 3 aromatic carbocycles. The number of carbonyl (C=O) groups excluding carboxylic acids is 2. The molecule has 0 aliphatic carbocycles. The second kappa shape index (κ2) is 13.2. The van der Waals surface area contributed by atoms with Crippen molar-refractivity contribution in [3.8, 4) is 0 Å². The maximum atomic E-state index is 13.8. The molecular weight excluding hydrogens is 581 g/mol. The van der Waals surface area contributed by atoms with E-state index in [0.717, 1.165) is 34.2 Å². The molecule has 44 heavy (non-hydrogen) atoms. The predicted octanol–water partition coefficient (Wildman–Crippen LogP) is 5.13. The van der Waals surface area contributed by atoms with Crippen LogP contribution in [0.2, 0.25) is 0 Å². The molecule has 4 aromatic rings. The molecule has 0 spiro atoms. The Kier molecular flexibility index (Phi) is 9.36. The van der Waals surface area contributed by atoms with Crippen LogP contribution in [0, 0.1) is 5.82 Å². The largest absolute Gasteiger partial charge is 0.361 e. The van der Waals surface area contributed by atoms with Crippen LogP contribution in [0.3, 0.4) is 0 Å². The molecule has 0 radical (unpaired) electrons. The van der Waals surface area contributed by atoms with E-state index in [4.69, 9.17) is 0 Å². The van der Waals surface area contributed by atoms with Crippen molar-refractivity contribution < 1.29 is 22.4 Å². The number of nitrogens with zero attached hydrogens (tertiary/aromatic N) is 2. The van der Waals surface area contributed by atoms with Crippen molar-refractivity contribution >= 4 is 38.4 Å². The summed E-state index contributed by atoms with van der Waals surface area (Å²) in [7, 11) is 0.276. The quantitative estimate of drug-likeness (QED) is 0.225. The summed E-state index contributed by atoms with van der Waals surface area (Å²) in [6.07, 6.45) is 2.34. The van der Waals surface area contributed by atoms with Crippen molar-refractivity contribution in [1.29, 1.82) is 0 Å². The van der Waals surface area contributed by atoms with Gasteiger partial charge in [-0.1, -0.05) is 37.3 Å². The van der Waals surface area contributed by atoms with E-state index in [1.807, 2.05) is 80.6 Å². The van der Waals surface area contributed by atoms with Gasteiger partial charge in [0.1, 0.15) is 11.9 Å². The molecule has 1 aromatic heterocycles. The van der Waals surface area contributed by atoms with Crippen LogP contribution in [0.1, 0.15) is 36.8 Å². The van der Waals surface area contributed by atoms with E-state index < -0.39 is 38.9 Å². The smallest absolute Gasteiger partial charge is 0.318 e. The number of piperidine rings is 1. The Morgan fingerprint density at radius 3 is 2.43 bits per heavy atom. The number of amides is 3. The fourth-order valence-electron chi connectivity index (χ4n) is 5.81. The molecule has 1 fully saturated rings. The van der Waals surface area contributed by atoms with Gasteiger partial charge in [-0.3, -0.25) is 4.79 Å². The number of urea groups is 1. The minimum Gasteiger partial charge on any atom is -0.361 e. The number of hydrogen-bond donors (Lipinski definition) is 3. The summed E-state index contributed by atoms with van der Waals surface area (Å²) in [5.74, 6) is -1.25. The van der Waals surface area contributed by atoms with E-state index in [1.165, 1.54) is 12.1 Å². The molecule has 5 rings (SSSR count). The van der Waals surface area contributed by atoms with Crippen LogP contribution in [0.4, 0.5) is 14.9 Å². The lowest BCUT2D eigenvalue weighted by Crippen LogP contribution is -2.53. The first kappa shape index (κ1) is 31.2. The zero-order valence-electron chi connectivity index (χ0n) is 25.1. The second-order valence-electron chi connectivity index (χ2n) is 11.6. The number of likely N-dealkylation sites (tertiary alicyclic amines) is 1. The first-order chi connectivity index (χ1) is 21.0. The van der Waals surface area contributed by atoms with Crippen LogP contribution in [-0.2, 0) is 21.2 Å². The van der Waals surface area contributed by atoms with Gasteiger partial charge in [0, 0.05) is 48.3 Å². The number of benzene rings is 3. The average molecular weight is 620 g/mol. The SMILES string of the molecule is C[C@H](c1c[nH]c2ccccc12)[C@@H](NC(=O)N1CCC(S(=O)(=O)c2ccc(F)cc2)CC1)C(=O)Nc1cccc(CN(C)C)c1. The molecule has 0 unspecified atom stereocenters. The molecule has 2 heterocycles. The summed E-state index contributed by atoms with van der Waals surface area (Å²) < 4.78 is 39.6. The van der Waals surface area contributed by atoms with Gasteiger partial charge < -0.3 is 25.4 Å². The Morgan fingerprint density at radius 2 is 1.73 bits per heavy atom. The molecule has 2 atom stereocenters. The van der Waals surface area contributed by atoms with Gasteiger partial charge in [0.15, 0.2) is 9.84 Å². The van der Waals surface area contributed by atoms with E-state index in [0.29, 0.717) is 12.2 Å². The van der Waals surface area contributed by atoms with Crippen molar-refractivity contribution in [1.82, 2.24) is 20.1 Å². The number of rotatable bonds is 9. The molecular formula is C33H38FN5O4S. The van der Waals surface area contributed by atoms with Crippen LogP contribution >= 0.6 is 0 Å².